The molecule has 1 saturated carbocycles. The molecule has 94 valence electrons. The van der Waals surface area contributed by atoms with Gasteiger partial charge in [-0.25, -0.2) is 0 Å². The van der Waals surface area contributed by atoms with Crippen LogP contribution in [0, 0.1) is 5.41 Å². The monoisotopic (exact) mass is 249 g/mol. The molecule has 17 heavy (non-hydrogen) atoms. The van der Waals surface area contributed by atoms with E-state index in [1.54, 1.807) is 11.8 Å². The first-order chi connectivity index (χ1) is 8.12. The molecule has 0 amide bonds. The highest BCUT2D eigenvalue weighted by Crippen LogP contribution is 2.37. The van der Waals surface area contributed by atoms with E-state index in [-0.39, 0.29) is 0 Å². The summed E-state index contributed by atoms with van der Waals surface area (Å²) < 4.78 is 0. The Labute approximate surface area is 109 Å². The smallest absolute Gasteiger partial charge is 0.0353 e. The summed E-state index contributed by atoms with van der Waals surface area (Å²) in [4.78, 5) is 1.34. The zero-order valence-electron chi connectivity index (χ0n) is 11.1. The average Bonchev–Trinajstić information content (AvgIpc) is 2.32. The summed E-state index contributed by atoms with van der Waals surface area (Å²) in [5.74, 6) is 0. The number of benzene rings is 1. The standard InChI is InChI=1S/C15H23NS/c1-15(2)10-5-4-9-14(15)16-12-7-6-8-13(11-12)17-3/h6-8,11,14,16H,4-5,9-10H2,1-3H3. The van der Waals surface area contributed by atoms with E-state index in [0.717, 1.165) is 0 Å². The Bertz CT molecular complexity index is 373. The Morgan fingerprint density at radius 1 is 1.29 bits per heavy atom. The number of hydrogen-bond acceptors (Lipinski definition) is 2. The maximum atomic E-state index is 3.73. The molecule has 1 atom stereocenters. The summed E-state index contributed by atoms with van der Waals surface area (Å²) in [6.45, 7) is 4.78. The van der Waals surface area contributed by atoms with Crippen molar-refractivity contribution in [2.75, 3.05) is 11.6 Å². The predicted molar refractivity (Wildman–Crippen MR) is 77.9 cm³/mol. The molecule has 1 nitrogen and oxygen atoms in total. The van der Waals surface area contributed by atoms with Gasteiger partial charge in [-0.2, -0.15) is 0 Å². The van der Waals surface area contributed by atoms with Gasteiger partial charge in [0.1, 0.15) is 0 Å². The Kier molecular flexibility index (Phi) is 4.03. The SMILES string of the molecule is CSc1cccc(NC2CCCCC2(C)C)c1. The van der Waals surface area contributed by atoms with Crippen molar-refractivity contribution in [3.05, 3.63) is 24.3 Å². The molecule has 0 aromatic heterocycles. The van der Waals surface area contributed by atoms with Crippen molar-refractivity contribution in [3.63, 3.8) is 0 Å². The Morgan fingerprint density at radius 3 is 2.82 bits per heavy atom. The van der Waals surface area contributed by atoms with Gasteiger partial charge in [0.2, 0.25) is 0 Å². The van der Waals surface area contributed by atoms with E-state index >= 15 is 0 Å². The molecule has 1 aromatic rings. The highest BCUT2D eigenvalue weighted by atomic mass is 32.2. The van der Waals surface area contributed by atoms with Crippen LogP contribution in [0.4, 0.5) is 5.69 Å². The molecular weight excluding hydrogens is 226 g/mol. The molecule has 0 radical (unpaired) electrons. The van der Waals surface area contributed by atoms with Gasteiger partial charge in [0, 0.05) is 16.6 Å². The van der Waals surface area contributed by atoms with Crippen molar-refractivity contribution in [1.82, 2.24) is 0 Å². The number of hydrogen-bond donors (Lipinski definition) is 1. The maximum absolute atomic E-state index is 3.73. The fourth-order valence-electron chi connectivity index (χ4n) is 2.68. The van der Waals surface area contributed by atoms with E-state index < -0.39 is 0 Å². The summed E-state index contributed by atoms with van der Waals surface area (Å²) in [6, 6.07) is 9.37. The molecule has 2 heteroatoms. The van der Waals surface area contributed by atoms with Crippen LogP contribution < -0.4 is 5.32 Å². The number of nitrogens with one attached hydrogen (secondary N) is 1. The number of rotatable bonds is 3. The summed E-state index contributed by atoms with van der Waals surface area (Å²) in [6.07, 6.45) is 7.52. The molecule has 0 bridgehead atoms. The van der Waals surface area contributed by atoms with Crippen molar-refractivity contribution in [2.24, 2.45) is 5.41 Å². The molecule has 2 rings (SSSR count). The van der Waals surface area contributed by atoms with E-state index in [1.165, 1.54) is 36.3 Å². The molecule has 0 spiro atoms. The van der Waals surface area contributed by atoms with E-state index in [0.29, 0.717) is 11.5 Å². The molecule has 1 fully saturated rings. The van der Waals surface area contributed by atoms with Crippen LogP contribution in [0.1, 0.15) is 39.5 Å². The first-order valence-electron chi connectivity index (χ1n) is 6.52. The summed E-state index contributed by atoms with van der Waals surface area (Å²) >= 11 is 1.80. The number of thioether (sulfide) groups is 1. The normalized spacial score (nSPS) is 23.4. The lowest BCUT2D eigenvalue weighted by molar-refractivity contribution is 0.217. The van der Waals surface area contributed by atoms with Gasteiger partial charge in [0.25, 0.3) is 0 Å². The van der Waals surface area contributed by atoms with Crippen molar-refractivity contribution in [1.29, 1.82) is 0 Å². The first kappa shape index (κ1) is 12.8. The summed E-state index contributed by atoms with van der Waals surface area (Å²) in [7, 11) is 0. The molecule has 1 aromatic carbocycles. The van der Waals surface area contributed by atoms with Crippen LogP contribution in [0.15, 0.2) is 29.2 Å². The molecule has 0 aliphatic heterocycles. The van der Waals surface area contributed by atoms with Crippen molar-refractivity contribution < 1.29 is 0 Å². The highest BCUT2D eigenvalue weighted by Gasteiger charge is 2.31. The quantitative estimate of drug-likeness (QED) is 0.773. The van der Waals surface area contributed by atoms with Crippen molar-refractivity contribution in [2.45, 2.75) is 50.5 Å². The third kappa shape index (κ3) is 3.19. The Hall–Kier alpha value is -0.630. The van der Waals surface area contributed by atoms with Gasteiger partial charge in [-0.15, -0.1) is 11.8 Å². The van der Waals surface area contributed by atoms with E-state index in [9.17, 15) is 0 Å². The van der Waals surface area contributed by atoms with Gasteiger partial charge < -0.3 is 5.32 Å². The summed E-state index contributed by atoms with van der Waals surface area (Å²) in [5.41, 5.74) is 1.70. The highest BCUT2D eigenvalue weighted by molar-refractivity contribution is 7.98. The second-order valence-electron chi connectivity index (χ2n) is 5.66. The van der Waals surface area contributed by atoms with Gasteiger partial charge in [0.15, 0.2) is 0 Å². The zero-order valence-corrected chi connectivity index (χ0v) is 11.9. The van der Waals surface area contributed by atoms with Crippen LogP contribution in [-0.4, -0.2) is 12.3 Å². The van der Waals surface area contributed by atoms with Crippen molar-refractivity contribution in [3.8, 4) is 0 Å². The average molecular weight is 249 g/mol. The molecule has 0 saturated heterocycles. The van der Waals surface area contributed by atoms with E-state index in [4.69, 9.17) is 0 Å². The molecule has 1 unspecified atom stereocenters. The first-order valence-corrected chi connectivity index (χ1v) is 7.75. The van der Waals surface area contributed by atoms with Crippen LogP contribution >= 0.6 is 11.8 Å². The van der Waals surface area contributed by atoms with Crippen LogP contribution in [-0.2, 0) is 0 Å². The molecule has 1 aliphatic rings. The predicted octanol–water partition coefficient (Wildman–Crippen LogP) is 4.79. The Balaban J connectivity index is 2.08. The maximum Gasteiger partial charge on any atom is 0.0353 e. The zero-order chi connectivity index (χ0) is 12.3. The topological polar surface area (TPSA) is 12.0 Å². The second kappa shape index (κ2) is 5.34. The fraction of sp³-hybridized carbons (Fsp3) is 0.600. The lowest BCUT2D eigenvalue weighted by Crippen LogP contribution is -2.38. The Morgan fingerprint density at radius 2 is 2.12 bits per heavy atom. The molecular formula is C15H23NS. The minimum Gasteiger partial charge on any atom is -0.382 e. The van der Waals surface area contributed by atoms with Crippen LogP contribution in [0.3, 0.4) is 0 Å². The number of anilines is 1. The van der Waals surface area contributed by atoms with Gasteiger partial charge in [-0.1, -0.05) is 32.8 Å². The molecule has 1 aliphatic carbocycles. The fourth-order valence-corrected chi connectivity index (χ4v) is 3.14. The third-order valence-electron chi connectivity index (χ3n) is 3.92. The van der Waals surface area contributed by atoms with E-state index in [1.807, 2.05) is 0 Å². The lowest BCUT2D eigenvalue weighted by atomic mass is 9.73. The lowest BCUT2D eigenvalue weighted by Gasteiger charge is -2.39. The van der Waals surface area contributed by atoms with Crippen LogP contribution in [0.25, 0.3) is 0 Å². The van der Waals surface area contributed by atoms with Crippen molar-refractivity contribution >= 4 is 17.4 Å². The van der Waals surface area contributed by atoms with Crippen LogP contribution in [0.5, 0.6) is 0 Å². The van der Waals surface area contributed by atoms with Gasteiger partial charge >= 0.3 is 0 Å². The van der Waals surface area contributed by atoms with Gasteiger partial charge in [-0.3, -0.25) is 0 Å². The van der Waals surface area contributed by atoms with Gasteiger partial charge in [0.05, 0.1) is 0 Å². The van der Waals surface area contributed by atoms with E-state index in [2.05, 4.69) is 49.7 Å². The molecule has 0 heterocycles. The minimum atomic E-state index is 0.424. The largest absolute Gasteiger partial charge is 0.382 e. The van der Waals surface area contributed by atoms with Gasteiger partial charge in [-0.05, 0) is 42.7 Å². The van der Waals surface area contributed by atoms with Crippen LogP contribution in [0.2, 0.25) is 0 Å². The third-order valence-corrected chi connectivity index (χ3v) is 4.64. The minimum absolute atomic E-state index is 0.424. The second-order valence-corrected chi connectivity index (χ2v) is 6.54. The summed E-state index contributed by atoms with van der Waals surface area (Å²) in [5, 5.41) is 3.73. The molecule has 1 N–H and O–H groups in total.